The quantitative estimate of drug-likeness (QED) is 0.403. The number of hydrogen-bond acceptors (Lipinski definition) is 4. The molecule has 3 atom stereocenters. The molecule has 0 amide bonds. The van der Waals surface area contributed by atoms with Gasteiger partial charge in [-0.15, -0.1) is 0 Å². The zero-order valence-electron chi connectivity index (χ0n) is 5.03. The first-order valence-corrected chi connectivity index (χ1v) is 2.94. The maximum Gasteiger partial charge on any atom is 0.156 e. The van der Waals surface area contributed by atoms with Gasteiger partial charge in [0.1, 0.15) is 0 Å². The van der Waals surface area contributed by atoms with Crippen LogP contribution in [-0.2, 0) is 4.74 Å². The van der Waals surface area contributed by atoms with Crippen LogP contribution in [0.5, 0.6) is 0 Å². The Morgan fingerprint density at radius 1 is 1.67 bits per heavy atom. The van der Waals surface area contributed by atoms with Crippen LogP contribution in [0.2, 0.25) is 0 Å². The fraction of sp³-hybridized carbons (Fsp3) is 1.00. The molecule has 4 heteroatoms. The maximum atomic E-state index is 8.79. The normalized spacial score (nSPS) is 43.7. The van der Waals surface area contributed by atoms with Gasteiger partial charge in [0.25, 0.3) is 0 Å². The summed E-state index contributed by atoms with van der Waals surface area (Å²) in [6.07, 6.45) is -0.734. The molecule has 1 aliphatic rings. The van der Waals surface area contributed by atoms with Gasteiger partial charge in [-0.3, -0.25) is 0 Å². The van der Waals surface area contributed by atoms with E-state index in [1.165, 1.54) is 0 Å². The largest absolute Gasteiger partial charge is 0.394 e. The molecule has 0 spiro atoms. The lowest BCUT2D eigenvalue weighted by Gasteiger charge is -2.08. The summed E-state index contributed by atoms with van der Waals surface area (Å²) in [5.41, 5.74) is 5.43. The molecule has 1 rings (SSSR count). The van der Waals surface area contributed by atoms with E-state index in [1.807, 2.05) is 0 Å². The smallest absolute Gasteiger partial charge is 0.156 e. The van der Waals surface area contributed by atoms with Gasteiger partial charge in [0, 0.05) is 12.5 Å². The van der Waals surface area contributed by atoms with E-state index in [1.54, 1.807) is 0 Å². The van der Waals surface area contributed by atoms with E-state index in [4.69, 9.17) is 20.7 Å². The predicted octanol–water partition coefficient (Wildman–Crippen LogP) is -1.59. The van der Waals surface area contributed by atoms with Crippen molar-refractivity contribution in [2.45, 2.75) is 24.9 Å². The average molecular weight is 133 g/mol. The van der Waals surface area contributed by atoms with Gasteiger partial charge in [-0.2, -0.15) is 0 Å². The zero-order valence-corrected chi connectivity index (χ0v) is 5.03. The van der Waals surface area contributed by atoms with Gasteiger partial charge in [-0.25, -0.2) is 0 Å². The monoisotopic (exact) mass is 133 g/mol. The van der Waals surface area contributed by atoms with Gasteiger partial charge in [-0.1, -0.05) is 0 Å². The summed E-state index contributed by atoms with van der Waals surface area (Å²) in [5, 5.41) is 17.3. The summed E-state index contributed by atoms with van der Waals surface area (Å²) in [6.45, 7) is -0.113. The zero-order chi connectivity index (χ0) is 6.85. The average Bonchev–Trinajstić information content (AvgIpc) is 2.10. The predicted molar refractivity (Wildman–Crippen MR) is 30.6 cm³/mol. The summed E-state index contributed by atoms with van der Waals surface area (Å²) in [4.78, 5) is 0. The van der Waals surface area contributed by atoms with Gasteiger partial charge in [0.15, 0.2) is 6.29 Å². The molecule has 0 unspecified atom stereocenters. The molecule has 4 nitrogen and oxygen atoms in total. The summed E-state index contributed by atoms with van der Waals surface area (Å²) >= 11 is 0. The van der Waals surface area contributed by atoms with E-state index in [9.17, 15) is 0 Å². The van der Waals surface area contributed by atoms with E-state index in [2.05, 4.69) is 0 Å². The van der Waals surface area contributed by atoms with Crippen molar-refractivity contribution in [2.24, 2.45) is 5.73 Å². The van der Waals surface area contributed by atoms with Crippen LogP contribution < -0.4 is 5.73 Å². The third kappa shape index (κ3) is 1.40. The molecular weight excluding hydrogens is 122 g/mol. The van der Waals surface area contributed by atoms with Crippen LogP contribution in [0.4, 0.5) is 0 Å². The fourth-order valence-electron chi connectivity index (χ4n) is 0.921. The van der Waals surface area contributed by atoms with Crippen LogP contribution >= 0.6 is 0 Å². The van der Waals surface area contributed by atoms with Crippen LogP contribution in [0.3, 0.4) is 0 Å². The van der Waals surface area contributed by atoms with Crippen LogP contribution in [0, 0.1) is 0 Å². The van der Waals surface area contributed by atoms with Crippen molar-refractivity contribution in [1.82, 2.24) is 0 Å². The van der Waals surface area contributed by atoms with E-state index in [0.717, 1.165) is 0 Å². The maximum absolute atomic E-state index is 8.79. The van der Waals surface area contributed by atoms with E-state index in [-0.39, 0.29) is 18.8 Å². The highest BCUT2D eigenvalue weighted by Gasteiger charge is 2.30. The highest BCUT2D eigenvalue weighted by Crippen LogP contribution is 2.15. The summed E-state index contributed by atoms with van der Waals surface area (Å²) in [7, 11) is 0. The second-order valence-corrected chi connectivity index (χ2v) is 2.21. The molecule has 9 heavy (non-hydrogen) atoms. The van der Waals surface area contributed by atoms with Crippen LogP contribution in [0.1, 0.15) is 6.42 Å². The minimum absolute atomic E-state index is 0.113. The SMILES string of the molecule is N[C@H]1C[C@@H](O)O[C@@H]1CO. The third-order valence-corrected chi connectivity index (χ3v) is 1.46. The Kier molecular flexibility index (Phi) is 2.02. The number of hydrogen-bond donors (Lipinski definition) is 3. The molecule has 1 heterocycles. The van der Waals surface area contributed by atoms with Crippen LogP contribution in [0.25, 0.3) is 0 Å². The first-order chi connectivity index (χ1) is 4.24. The summed E-state index contributed by atoms with van der Waals surface area (Å²) in [5.74, 6) is 0. The van der Waals surface area contributed by atoms with Crippen molar-refractivity contribution in [3.8, 4) is 0 Å². The summed E-state index contributed by atoms with van der Waals surface area (Å²) in [6, 6.07) is -0.218. The number of nitrogens with two attached hydrogens (primary N) is 1. The number of ether oxygens (including phenoxy) is 1. The van der Waals surface area contributed by atoms with Crippen LogP contribution in [-0.4, -0.2) is 35.3 Å². The van der Waals surface area contributed by atoms with E-state index < -0.39 is 6.29 Å². The minimum atomic E-state index is -0.780. The second kappa shape index (κ2) is 2.62. The van der Waals surface area contributed by atoms with Gasteiger partial charge in [-0.05, 0) is 0 Å². The Balaban J connectivity index is 2.38. The Morgan fingerprint density at radius 2 is 2.33 bits per heavy atom. The lowest BCUT2D eigenvalue weighted by Crippen LogP contribution is -2.32. The molecule has 0 bridgehead atoms. The van der Waals surface area contributed by atoms with Crippen molar-refractivity contribution in [3.05, 3.63) is 0 Å². The first-order valence-electron chi connectivity index (χ1n) is 2.94. The second-order valence-electron chi connectivity index (χ2n) is 2.21. The molecule has 1 fully saturated rings. The molecule has 0 aromatic rings. The molecule has 54 valence electrons. The van der Waals surface area contributed by atoms with E-state index >= 15 is 0 Å². The Bertz CT molecular complexity index is 98.2. The van der Waals surface area contributed by atoms with Gasteiger partial charge < -0.3 is 20.7 Å². The van der Waals surface area contributed by atoms with Crippen molar-refractivity contribution in [3.63, 3.8) is 0 Å². The number of aliphatic hydroxyl groups excluding tert-OH is 2. The highest BCUT2D eigenvalue weighted by atomic mass is 16.6. The first kappa shape index (κ1) is 6.95. The molecule has 4 N–H and O–H groups in total. The Morgan fingerprint density at radius 3 is 2.56 bits per heavy atom. The molecule has 1 aliphatic heterocycles. The van der Waals surface area contributed by atoms with E-state index in [0.29, 0.717) is 6.42 Å². The molecular formula is C5H11NO3. The number of rotatable bonds is 1. The van der Waals surface area contributed by atoms with Crippen molar-refractivity contribution in [1.29, 1.82) is 0 Å². The fourth-order valence-corrected chi connectivity index (χ4v) is 0.921. The van der Waals surface area contributed by atoms with Gasteiger partial charge in [0.05, 0.1) is 12.7 Å². The van der Waals surface area contributed by atoms with Crippen LogP contribution in [0.15, 0.2) is 0 Å². The Labute approximate surface area is 53.2 Å². The molecule has 0 saturated carbocycles. The minimum Gasteiger partial charge on any atom is -0.394 e. The standard InChI is InChI=1S/C5H11NO3/c6-3-1-5(8)9-4(3)2-7/h3-5,7-8H,1-2,6H2/t3-,4+,5-/m0/s1. The number of aliphatic hydroxyl groups is 2. The van der Waals surface area contributed by atoms with Crippen molar-refractivity contribution < 1.29 is 14.9 Å². The molecule has 1 saturated heterocycles. The van der Waals surface area contributed by atoms with Crippen molar-refractivity contribution in [2.75, 3.05) is 6.61 Å². The summed E-state index contributed by atoms with van der Waals surface area (Å²) < 4.78 is 4.80. The molecule has 0 aliphatic carbocycles. The lowest BCUT2D eigenvalue weighted by molar-refractivity contribution is -0.102. The highest BCUT2D eigenvalue weighted by molar-refractivity contribution is 4.79. The molecule has 0 radical (unpaired) electrons. The molecule has 0 aromatic carbocycles. The third-order valence-electron chi connectivity index (χ3n) is 1.46. The Hall–Kier alpha value is -0.160. The lowest BCUT2D eigenvalue weighted by atomic mass is 10.2. The molecule has 0 aromatic heterocycles. The van der Waals surface area contributed by atoms with Crippen molar-refractivity contribution >= 4 is 0 Å². The van der Waals surface area contributed by atoms with Gasteiger partial charge >= 0.3 is 0 Å². The topological polar surface area (TPSA) is 75.7 Å². The van der Waals surface area contributed by atoms with Gasteiger partial charge in [0.2, 0.25) is 0 Å².